The highest BCUT2D eigenvalue weighted by Crippen LogP contribution is 2.15. The van der Waals surface area contributed by atoms with Gasteiger partial charge in [0.1, 0.15) is 0 Å². The van der Waals surface area contributed by atoms with Crippen LogP contribution in [-0.2, 0) is 13.5 Å². The highest BCUT2D eigenvalue weighted by atomic mass is 35.5. The van der Waals surface area contributed by atoms with Gasteiger partial charge in [0.15, 0.2) is 11.6 Å². The summed E-state index contributed by atoms with van der Waals surface area (Å²) < 4.78 is 0. The average Bonchev–Trinajstić information content (AvgIpc) is 2.64. The van der Waals surface area contributed by atoms with Gasteiger partial charge in [-0.1, -0.05) is 11.6 Å². The molecule has 7 heteroatoms. The zero-order chi connectivity index (χ0) is 11.5. The number of tetrazole rings is 1. The number of rotatable bonds is 3. The molecule has 0 unspecified atom stereocenters. The normalized spacial score (nSPS) is 10.4. The molecule has 0 spiro atoms. The molecule has 0 atom stereocenters. The molecule has 0 saturated carbocycles. The summed E-state index contributed by atoms with van der Waals surface area (Å²) >= 11 is 5.85. The van der Waals surface area contributed by atoms with Gasteiger partial charge >= 0.3 is 0 Å². The second-order valence-electron chi connectivity index (χ2n) is 3.15. The van der Waals surface area contributed by atoms with Crippen LogP contribution in [0.3, 0.4) is 0 Å². The fourth-order valence-corrected chi connectivity index (χ4v) is 1.46. The SMILES string of the molecule is Cn1nnc(CC(=O)c2ccncc2Cl)n1. The van der Waals surface area contributed by atoms with Crippen LogP contribution < -0.4 is 0 Å². The Hall–Kier alpha value is -1.82. The minimum absolute atomic E-state index is 0.0809. The van der Waals surface area contributed by atoms with Gasteiger partial charge in [-0.25, -0.2) is 0 Å². The van der Waals surface area contributed by atoms with Gasteiger partial charge in [0, 0.05) is 18.0 Å². The lowest BCUT2D eigenvalue weighted by molar-refractivity contribution is 0.0991. The number of carbonyl (C=O) groups is 1. The number of hydrogen-bond acceptors (Lipinski definition) is 5. The Morgan fingerprint density at radius 1 is 1.56 bits per heavy atom. The number of ketones is 1. The van der Waals surface area contributed by atoms with Gasteiger partial charge in [-0.3, -0.25) is 9.78 Å². The molecule has 0 amide bonds. The summed E-state index contributed by atoms with van der Waals surface area (Å²) in [5.41, 5.74) is 0.420. The third kappa shape index (κ3) is 2.22. The predicted molar refractivity (Wildman–Crippen MR) is 56.1 cm³/mol. The van der Waals surface area contributed by atoms with Crippen molar-refractivity contribution in [1.29, 1.82) is 0 Å². The van der Waals surface area contributed by atoms with E-state index in [1.807, 2.05) is 0 Å². The molecule has 0 aromatic carbocycles. The largest absolute Gasteiger partial charge is 0.294 e. The highest BCUT2D eigenvalue weighted by molar-refractivity contribution is 6.33. The first-order valence-corrected chi connectivity index (χ1v) is 4.90. The summed E-state index contributed by atoms with van der Waals surface area (Å²) in [6, 6.07) is 1.57. The van der Waals surface area contributed by atoms with Crippen LogP contribution in [-0.4, -0.2) is 31.0 Å². The maximum Gasteiger partial charge on any atom is 0.182 e. The molecule has 16 heavy (non-hydrogen) atoms. The summed E-state index contributed by atoms with van der Waals surface area (Å²) in [5, 5.41) is 11.6. The molecule has 0 aliphatic heterocycles. The molecule has 2 aromatic rings. The van der Waals surface area contributed by atoms with E-state index < -0.39 is 0 Å². The molecule has 82 valence electrons. The van der Waals surface area contributed by atoms with E-state index >= 15 is 0 Å². The van der Waals surface area contributed by atoms with E-state index in [9.17, 15) is 4.79 Å². The minimum atomic E-state index is -0.152. The number of halogens is 1. The van der Waals surface area contributed by atoms with E-state index in [4.69, 9.17) is 11.6 Å². The zero-order valence-corrected chi connectivity index (χ0v) is 9.22. The van der Waals surface area contributed by atoms with Crippen LogP contribution in [0.25, 0.3) is 0 Å². The Bertz CT molecular complexity index is 524. The molecule has 2 rings (SSSR count). The van der Waals surface area contributed by atoms with E-state index in [0.29, 0.717) is 16.4 Å². The topological polar surface area (TPSA) is 73.6 Å². The molecule has 2 heterocycles. The van der Waals surface area contributed by atoms with Crippen LogP contribution in [0.15, 0.2) is 18.5 Å². The zero-order valence-electron chi connectivity index (χ0n) is 8.46. The van der Waals surface area contributed by atoms with E-state index in [-0.39, 0.29) is 12.2 Å². The van der Waals surface area contributed by atoms with Gasteiger partial charge in [0.05, 0.1) is 18.5 Å². The molecule has 0 aliphatic rings. The Morgan fingerprint density at radius 2 is 2.38 bits per heavy atom. The minimum Gasteiger partial charge on any atom is -0.294 e. The number of aromatic nitrogens is 5. The third-order valence-electron chi connectivity index (χ3n) is 1.94. The molecular formula is C9H8ClN5O. The van der Waals surface area contributed by atoms with Crippen molar-refractivity contribution in [3.05, 3.63) is 34.9 Å². The van der Waals surface area contributed by atoms with Gasteiger partial charge in [-0.15, -0.1) is 10.2 Å². The van der Waals surface area contributed by atoms with Crippen LogP contribution in [0.2, 0.25) is 5.02 Å². The van der Waals surface area contributed by atoms with Crippen molar-refractivity contribution in [2.75, 3.05) is 0 Å². The molecule has 2 aromatic heterocycles. The number of hydrogen-bond donors (Lipinski definition) is 0. The number of Topliss-reactive ketones (excluding diaryl/α,β-unsaturated/α-hetero) is 1. The predicted octanol–water partition coefficient (Wildman–Crippen LogP) is 0.684. The van der Waals surface area contributed by atoms with Crippen molar-refractivity contribution >= 4 is 17.4 Å². The molecular weight excluding hydrogens is 230 g/mol. The van der Waals surface area contributed by atoms with Crippen molar-refractivity contribution in [3.63, 3.8) is 0 Å². The number of pyridine rings is 1. The summed E-state index contributed by atoms with van der Waals surface area (Å²) in [6.45, 7) is 0. The molecule has 6 nitrogen and oxygen atoms in total. The van der Waals surface area contributed by atoms with Crippen molar-refractivity contribution in [2.45, 2.75) is 6.42 Å². The van der Waals surface area contributed by atoms with Crippen LogP contribution in [0.4, 0.5) is 0 Å². The molecule has 0 bridgehead atoms. The molecule has 0 saturated heterocycles. The summed E-state index contributed by atoms with van der Waals surface area (Å²) in [7, 11) is 1.64. The number of nitrogens with zero attached hydrogens (tertiary/aromatic N) is 5. The Balaban J connectivity index is 2.18. The lowest BCUT2D eigenvalue weighted by Crippen LogP contribution is -2.06. The first-order chi connectivity index (χ1) is 7.66. The standard InChI is InChI=1S/C9H8ClN5O/c1-15-13-9(12-14-15)4-8(16)6-2-3-11-5-7(6)10/h2-3,5H,4H2,1H3. The second-order valence-corrected chi connectivity index (χ2v) is 3.56. The monoisotopic (exact) mass is 237 g/mol. The third-order valence-corrected chi connectivity index (χ3v) is 2.24. The second kappa shape index (κ2) is 4.36. The van der Waals surface area contributed by atoms with Crippen LogP contribution >= 0.6 is 11.6 Å². The number of carbonyl (C=O) groups excluding carboxylic acids is 1. The van der Waals surface area contributed by atoms with E-state index in [0.717, 1.165) is 0 Å². The fraction of sp³-hybridized carbons (Fsp3) is 0.222. The molecule has 0 aliphatic carbocycles. The lowest BCUT2D eigenvalue weighted by Gasteiger charge is -1.99. The average molecular weight is 238 g/mol. The first kappa shape index (κ1) is 10.7. The van der Waals surface area contributed by atoms with Crippen molar-refractivity contribution in [1.82, 2.24) is 25.2 Å². The fourth-order valence-electron chi connectivity index (χ4n) is 1.23. The van der Waals surface area contributed by atoms with Crippen molar-refractivity contribution < 1.29 is 4.79 Å². The van der Waals surface area contributed by atoms with E-state index in [1.54, 1.807) is 13.1 Å². The van der Waals surface area contributed by atoms with Gasteiger partial charge < -0.3 is 0 Å². The summed E-state index contributed by atoms with van der Waals surface area (Å²) in [6.07, 6.45) is 3.03. The quantitative estimate of drug-likeness (QED) is 0.734. The Labute approximate surface area is 96.3 Å². The Kier molecular flexibility index (Phi) is 2.91. The highest BCUT2D eigenvalue weighted by Gasteiger charge is 2.13. The maximum absolute atomic E-state index is 11.8. The number of aryl methyl sites for hydroxylation is 1. The first-order valence-electron chi connectivity index (χ1n) is 4.52. The van der Waals surface area contributed by atoms with Gasteiger partial charge in [-0.05, 0) is 11.3 Å². The summed E-state index contributed by atoms with van der Waals surface area (Å²) in [4.78, 5) is 16.9. The molecule has 0 radical (unpaired) electrons. The maximum atomic E-state index is 11.8. The van der Waals surface area contributed by atoms with Crippen LogP contribution in [0.5, 0.6) is 0 Å². The smallest absolute Gasteiger partial charge is 0.182 e. The van der Waals surface area contributed by atoms with E-state index in [2.05, 4.69) is 20.4 Å². The Morgan fingerprint density at radius 3 is 3.00 bits per heavy atom. The summed E-state index contributed by atoms with van der Waals surface area (Å²) in [5.74, 6) is 0.223. The van der Waals surface area contributed by atoms with Crippen LogP contribution in [0.1, 0.15) is 16.2 Å². The van der Waals surface area contributed by atoms with E-state index in [1.165, 1.54) is 17.2 Å². The molecule has 0 fully saturated rings. The lowest BCUT2D eigenvalue weighted by atomic mass is 10.1. The van der Waals surface area contributed by atoms with Gasteiger partial charge in [-0.2, -0.15) is 4.80 Å². The van der Waals surface area contributed by atoms with Gasteiger partial charge in [0.25, 0.3) is 0 Å². The molecule has 0 N–H and O–H groups in total. The van der Waals surface area contributed by atoms with Crippen molar-refractivity contribution in [3.8, 4) is 0 Å². The van der Waals surface area contributed by atoms with Gasteiger partial charge in [0.2, 0.25) is 0 Å². The van der Waals surface area contributed by atoms with Crippen LogP contribution in [0, 0.1) is 0 Å². The van der Waals surface area contributed by atoms with Crippen molar-refractivity contribution in [2.24, 2.45) is 7.05 Å².